The summed E-state index contributed by atoms with van der Waals surface area (Å²) in [6, 6.07) is 4.60. The number of nitrogens with two attached hydrogens (primary N) is 1. The Morgan fingerprint density at radius 1 is 1.58 bits per heavy atom. The Balaban J connectivity index is 1.89. The number of hydrogen-bond acceptors (Lipinski definition) is 4. The maximum atomic E-state index is 13.8. The molecule has 1 aromatic carbocycles. The minimum absolute atomic E-state index is 0.0826. The number of rotatable bonds is 5. The molecule has 1 heterocycles. The van der Waals surface area contributed by atoms with Gasteiger partial charge in [0.15, 0.2) is 5.84 Å². The van der Waals surface area contributed by atoms with E-state index >= 15 is 0 Å². The first-order valence-electron chi connectivity index (χ1n) is 6.29. The van der Waals surface area contributed by atoms with Crippen LogP contribution in [0.25, 0.3) is 0 Å². The van der Waals surface area contributed by atoms with Gasteiger partial charge in [-0.25, -0.2) is 4.39 Å². The van der Waals surface area contributed by atoms with Crippen LogP contribution < -0.4 is 11.1 Å². The third-order valence-corrected chi connectivity index (χ3v) is 4.57. The fraction of sp³-hybridized carbons (Fsp3) is 0.462. The highest BCUT2D eigenvalue weighted by atomic mass is 32.2. The lowest BCUT2D eigenvalue weighted by molar-refractivity contribution is 0.318. The molecule has 1 aliphatic heterocycles. The van der Waals surface area contributed by atoms with E-state index in [-0.39, 0.29) is 11.7 Å². The van der Waals surface area contributed by atoms with Gasteiger partial charge in [-0.15, -0.1) is 0 Å². The van der Waals surface area contributed by atoms with E-state index in [1.165, 1.54) is 24.7 Å². The Kier molecular flexibility index (Phi) is 5.04. The van der Waals surface area contributed by atoms with Crippen molar-refractivity contribution >= 4 is 17.6 Å². The number of thioether (sulfide) groups is 1. The van der Waals surface area contributed by atoms with Crippen molar-refractivity contribution in [2.24, 2.45) is 10.9 Å². The molecule has 4 nitrogen and oxygen atoms in total. The Morgan fingerprint density at radius 2 is 2.42 bits per heavy atom. The molecule has 1 saturated heterocycles. The number of benzene rings is 1. The topological polar surface area (TPSA) is 70.6 Å². The lowest BCUT2D eigenvalue weighted by Crippen LogP contribution is -2.23. The third kappa shape index (κ3) is 3.84. The van der Waals surface area contributed by atoms with Crippen molar-refractivity contribution in [1.82, 2.24) is 5.32 Å². The standard InChI is InChI=1S/C13H18FN3OS/c14-12-6-9(13(15)17-18)3-4-10(12)7-16-8-11-2-1-5-19-11/h3-4,6,11,16,18H,1-2,5,7-8H2,(H2,15,17). The van der Waals surface area contributed by atoms with Gasteiger partial charge in [-0.05, 0) is 24.7 Å². The van der Waals surface area contributed by atoms with E-state index < -0.39 is 0 Å². The van der Waals surface area contributed by atoms with E-state index in [0.717, 1.165) is 6.54 Å². The largest absolute Gasteiger partial charge is 0.409 e. The summed E-state index contributed by atoms with van der Waals surface area (Å²) in [4.78, 5) is 0. The van der Waals surface area contributed by atoms with Crippen molar-refractivity contribution in [2.45, 2.75) is 24.6 Å². The van der Waals surface area contributed by atoms with E-state index in [1.807, 2.05) is 11.8 Å². The van der Waals surface area contributed by atoms with E-state index in [4.69, 9.17) is 10.9 Å². The van der Waals surface area contributed by atoms with Crippen LogP contribution in [0.15, 0.2) is 23.4 Å². The quantitative estimate of drug-likeness (QED) is 0.334. The Bertz CT molecular complexity index is 461. The van der Waals surface area contributed by atoms with Gasteiger partial charge in [0.2, 0.25) is 0 Å². The average Bonchev–Trinajstić information content (AvgIpc) is 2.93. The lowest BCUT2D eigenvalue weighted by Gasteiger charge is -2.11. The highest BCUT2D eigenvalue weighted by molar-refractivity contribution is 8.00. The van der Waals surface area contributed by atoms with E-state index in [2.05, 4.69) is 10.5 Å². The molecular formula is C13H18FN3OS. The number of oxime groups is 1. The van der Waals surface area contributed by atoms with Crippen molar-refractivity contribution in [2.75, 3.05) is 12.3 Å². The minimum Gasteiger partial charge on any atom is -0.409 e. The summed E-state index contributed by atoms with van der Waals surface area (Å²) in [5, 5.41) is 15.3. The zero-order chi connectivity index (χ0) is 13.7. The summed E-state index contributed by atoms with van der Waals surface area (Å²) in [7, 11) is 0. The lowest BCUT2D eigenvalue weighted by atomic mass is 10.1. The zero-order valence-electron chi connectivity index (χ0n) is 10.6. The molecule has 0 amide bonds. The van der Waals surface area contributed by atoms with Crippen LogP contribution >= 0.6 is 11.8 Å². The first-order chi connectivity index (χ1) is 9.20. The summed E-state index contributed by atoms with van der Waals surface area (Å²) in [6.07, 6.45) is 2.52. The van der Waals surface area contributed by atoms with Gasteiger partial charge < -0.3 is 16.3 Å². The van der Waals surface area contributed by atoms with Crippen molar-refractivity contribution in [3.63, 3.8) is 0 Å². The molecule has 0 bridgehead atoms. The van der Waals surface area contributed by atoms with Gasteiger partial charge in [0, 0.05) is 29.5 Å². The molecule has 0 saturated carbocycles. The van der Waals surface area contributed by atoms with Crippen LogP contribution in [0.2, 0.25) is 0 Å². The van der Waals surface area contributed by atoms with Crippen LogP contribution in [0.1, 0.15) is 24.0 Å². The SMILES string of the molecule is N/C(=N/O)c1ccc(CNCC2CCCS2)c(F)c1. The third-order valence-electron chi connectivity index (χ3n) is 3.17. The summed E-state index contributed by atoms with van der Waals surface area (Å²) in [5.74, 6) is 0.811. The van der Waals surface area contributed by atoms with E-state index in [0.29, 0.717) is 22.9 Å². The fourth-order valence-electron chi connectivity index (χ4n) is 2.08. The summed E-state index contributed by atoms with van der Waals surface area (Å²) >= 11 is 1.97. The monoisotopic (exact) mass is 283 g/mol. The zero-order valence-corrected chi connectivity index (χ0v) is 11.4. The summed E-state index contributed by atoms with van der Waals surface area (Å²) in [6.45, 7) is 1.41. The first kappa shape index (κ1) is 14.1. The molecule has 0 radical (unpaired) electrons. The second-order valence-electron chi connectivity index (χ2n) is 4.56. The predicted octanol–water partition coefficient (Wildman–Crippen LogP) is 1.91. The van der Waals surface area contributed by atoms with E-state index in [1.54, 1.807) is 12.1 Å². The maximum absolute atomic E-state index is 13.8. The predicted molar refractivity (Wildman–Crippen MR) is 76.1 cm³/mol. The molecule has 0 spiro atoms. The molecule has 6 heteroatoms. The fourth-order valence-corrected chi connectivity index (χ4v) is 3.32. The van der Waals surface area contributed by atoms with Gasteiger partial charge in [-0.2, -0.15) is 11.8 Å². The van der Waals surface area contributed by atoms with Gasteiger partial charge in [-0.3, -0.25) is 0 Å². The van der Waals surface area contributed by atoms with Gasteiger partial charge in [0.05, 0.1) is 0 Å². The van der Waals surface area contributed by atoms with Gasteiger partial charge >= 0.3 is 0 Å². The summed E-state index contributed by atoms with van der Waals surface area (Å²) < 4.78 is 13.8. The molecule has 1 atom stereocenters. The molecule has 104 valence electrons. The molecule has 19 heavy (non-hydrogen) atoms. The normalized spacial score (nSPS) is 19.8. The molecular weight excluding hydrogens is 265 g/mol. The van der Waals surface area contributed by atoms with E-state index in [9.17, 15) is 4.39 Å². The van der Waals surface area contributed by atoms with Crippen LogP contribution in [0.4, 0.5) is 4.39 Å². The number of nitrogens with one attached hydrogen (secondary N) is 1. The average molecular weight is 283 g/mol. The second kappa shape index (κ2) is 6.77. The highest BCUT2D eigenvalue weighted by Gasteiger charge is 2.15. The number of hydrogen-bond donors (Lipinski definition) is 3. The van der Waals surface area contributed by atoms with Crippen molar-refractivity contribution in [3.8, 4) is 0 Å². The van der Waals surface area contributed by atoms with Crippen LogP contribution in [0.3, 0.4) is 0 Å². The maximum Gasteiger partial charge on any atom is 0.170 e. The number of amidine groups is 1. The second-order valence-corrected chi connectivity index (χ2v) is 5.97. The molecule has 0 aromatic heterocycles. The molecule has 1 aromatic rings. The molecule has 4 N–H and O–H groups in total. The Morgan fingerprint density at radius 3 is 3.05 bits per heavy atom. The minimum atomic E-state index is -0.337. The van der Waals surface area contributed by atoms with Crippen molar-refractivity contribution < 1.29 is 9.60 Å². The van der Waals surface area contributed by atoms with Crippen molar-refractivity contribution in [3.05, 3.63) is 35.1 Å². The Labute approximate surface area is 116 Å². The smallest absolute Gasteiger partial charge is 0.170 e. The van der Waals surface area contributed by atoms with Gasteiger partial charge in [-0.1, -0.05) is 17.3 Å². The molecule has 1 aliphatic rings. The Hall–Kier alpha value is -1.27. The number of halogens is 1. The molecule has 1 unspecified atom stereocenters. The van der Waals surface area contributed by atoms with Crippen LogP contribution in [-0.2, 0) is 6.54 Å². The van der Waals surface area contributed by atoms with Crippen LogP contribution in [-0.4, -0.2) is 28.6 Å². The molecule has 1 fully saturated rings. The molecule has 2 rings (SSSR count). The van der Waals surface area contributed by atoms with Gasteiger partial charge in [0.1, 0.15) is 5.82 Å². The first-order valence-corrected chi connectivity index (χ1v) is 7.34. The van der Waals surface area contributed by atoms with Gasteiger partial charge in [0.25, 0.3) is 0 Å². The van der Waals surface area contributed by atoms with Crippen LogP contribution in [0, 0.1) is 5.82 Å². The molecule has 0 aliphatic carbocycles. The highest BCUT2D eigenvalue weighted by Crippen LogP contribution is 2.25. The van der Waals surface area contributed by atoms with Crippen molar-refractivity contribution in [1.29, 1.82) is 0 Å². The number of nitrogens with zero attached hydrogens (tertiary/aromatic N) is 1. The summed E-state index contributed by atoms with van der Waals surface area (Å²) in [5.41, 5.74) is 6.39. The van der Waals surface area contributed by atoms with Crippen LogP contribution in [0.5, 0.6) is 0 Å².